The molecule has 0 aromatic heterocycles. The van der Waals surface area contributed by atoms with Crippen LogP contribution in [0.4, 0.5) is 11.4 Å². The highest BCUT2D eigenvalue weighted by atomic mass is 35.5. The molecule has 10 heteroatoms. The largest absolute Gasteiger partial charge is 0.494 e. The molecular weight excluding hydrogens is 486 g/mol. The number of aryl methyl sites for hydroxylation is 1. The summed E-state index contributed by atoms with van der Waals surface area (Å²) in [5.74, 6) is -1.46. The number of β-lactam (4-membered cyclic amide) rings is 1. The van der Waals surface area contributed by atoms with Gasteiger partial charge in [0.05, 0.1) is 23.1 Å². The minimum atomic E-state index is -1.19. The van der Waals surface area contributed by atoms with Gasteiger partial charge in [-0.25, -0.2) is 0 Å². The standard InChI is InChI=1S/C26H20ClN3O6/c1-3-36-17-11-8-15(9-12-17)22-23(26(33)28(22)20-13-16(27)10-7-14(20)2)29-24(31)18-5-4-6-19(30(34)35)21(18)25(29)32/h4-13,22-23H,3H2,1-2H3/t22-,23+/m1/s1. The van der Waals surface area contributed by atoms with Crippen molar-refractivity contribution < 1.29 is 24.0 Å². The molecule has 5 rings (SSSR count). The molecule has 2 aliphatic rings. The molecule has 0 N–H and O–H groups in total. The Morgan fingerprint density at radius 3 is 2.36 bits per heavy atom. The van der Waals surface area contributed by atoms with Crippen molar-refractivity contribution in [2.24, 2.45) is 0 Å². The molecule has 3 aromatic carbocycles. The van der Waals surface area contributed by atoms with Crippen molar-refractivity contribution in [1.82, 2.24) is 4.90 Å². The summed E-state index contributed by atoms with van der Waals surface area (Å²) < 4.78 is 5.52. The summed E-state index contributed by atoms with van der Waals surface area (Å²) in [5, 5.41) is 12.0. The molecule has 182 valence electrons. The van der Waals surface area contributed by atoms with Crippen LogP contribution >= 0.6 is 11.6 Å². The maximum atomic E-state index is 13.6. The monoisotopic (exact) mass is 505 g/mol. The van der Waals surface area contributed by atoms with Crippen LogP contribution in [0.2, 0.25) is 5.02 Å². The van der Waals surface area contributed by atoms with Gasteiger partial charge in [0.15, 0.2) is 0 Å². The first-order valence-corrected chi connectivity index (χ1v) is 11.6. The predicted octanol–water partition coefficient (Wildman–Crippen LogP) is 4.71. The number of ether oxygens (including phenoxy) is 1. The van der Waals surface area contributed by atoms with E-state index in [1.807, 2.05) is 13.8 Å². The third kappa shape index (κ3) is 3.51. The maximum absolute atomic E-state index is 13.6. The number of nitro benzene ring substituents is 1. The summed E-state index contributed by atoms with van der Waals surface area (Å²) in [4.78, 5) is 53.5. The number of anilines is 1. The van der Waals surface area contributed by atoms with Gasteiger partial charge in [-0.05, 0) is 55.3 Å². The van der Waals surface area contributed by atoms with Gasteiger partial charge in [0.25, 0.3) is 23.4 Å². The van der Waals surface area contributed by atoms with Gasteiger partial charge < -0.3 is 9.64 Å². The number of fused-ring (bicyclic) bond motifs is 1. The van der Waals surface area contributed by atoms with Crippen LogP contribution in [0.1, 0.15) is 44.8 Å². The van der Waals surface area contributed by atoms with Gasteiger partial charge in [-0.2, -0.15) is 0 Å². The number of carbonyl (C=O) groups excluding carboxylic acids is 3. The number of nitrogens with zero attached hydrogens (tertiary/aromatic N) is 3. The summed E-state index contributed by atoms with van der Waals surface area (Å²) in [7, 11) is 0. The van der Waals surface area contributed by atoms with Gasteiger partial charge in [-0.3, -0.25) is 29.4 Å². The smallest absolute Gasteiger partial charge is 0.282 e. The van der Waals surface area contributed by atoms with Gasteiger partial charge in [-0.1, -0.05) is 35.9 Å². The predicted molar refractivity (Wildman–Crippen MR) is 131 cm³/mol. The number of rotatable bonds is 6. The SMILES string of the molecule is CCOc1ccc([C@@H]2[C@H](N3C(=O)c4cccc([N+](=O)[O-])c4C3=O)C(=O)N2c2cc(Cl)ccc2C)cc1. The molecule has 2 atom stereocenters. The lowest BCUT2D eigenvalue weighted by molar-refractivity contribution is -0.385. The van der Waals surface area contributed by atoms with Crippen LogP contribution in [-0.4, -0.2) is 40.2 Å². The van der Waals surface area contributed by atoms with Gasteiger partial charge in [0.2, 0.25) is 0 Å². The zero-order valence-corrected chi connectivity index (χ0v) is 20.1. The van der Waals surface area contributed by atoms with Crippen molar-refractivity contribution in [1.29, 1.82) is 0 Å². The van der Waals surface area contributed by atoms with E-state index in [4.69, 9.17) is 16.3 Å². The molecule has 0 spiro atoms. The Kier molecular flexibility index (Phi) is 5.72. The topological polar surface area (TPSA) is 110 Å². The van der Waals surface area contributed by atoms with Crippen molar-refractivity contribution in [3.63, 3.8) is 0 Å². The quantitative estimate of drug-likeness (QED) is 0.208. The summed E-state index contributed by atoms with van der Waals surface area (Å²) in [6.45, 7) is 4.16. The Balaban J connectivity index is 1.61. The van der Waals surface area contributed by atoms with Crippen molar-refractivity contribution in [3.05, 3.63) is 98.1 Å². The second-order valence-corrected chi connectivity index (χ2v) is 8.90. The van der Waals surface area contributed by atoms with E-state index in [0.717, 1.165) is 10.5 Å². The maximum Gasteiger partial charge on any atom is 0.282 e. The highest BCUT2D eigenvalue weighted by Gasteiger charge is 2.58. The summed E-state index contributed by atoms with van der Waals surface area (Å²) in [6.07, 6.45) is 0. The van der Waals surface area contributed by atoms with Gasteiger partial charge >= 0.3 is 0 Å². The fourth-order valence-corrected chi connectivity index (χ4v) is 4.95. The van der Waals surface area contributed by atoms with E-state index in [2.05, 4.69) is 0 Å². The molecule has 36 heavy (non-hydrogen) atoms. The van der Waals surface area contributed by atoms with E-state index in [-0.39, 0.29) is 11.1 Å². The summed E-state index contributed by atoms with van der Waals surface area (Å²) >= 11 is 6.22. The second-order valence-electron chi connectivity index (χ2n) is 8.47. The van der Waals surface area contributed by atoms with Crippen LogP contribution in [0.15, 0.2) is 60.7 Å². The Morgan fingerprint density at radius 2 is 1.69 bits per heavy atom. The van der Waals surface area contributed by atoms with Crippen LogP contribution < -0.4 is 9.64 Å². The molecule has 9 nitrogen and oxygen atoms in total. The highest BCUT2D eigenvalue weighted by Crippen LogP contribution is 2.46. The molecular formula is C26H20ClN3O6. The van der Waals surface area contributed by atoms with Crippen molar-refractivity contribution in [3.8, 4) is 5.75 Å². The fraction of sp³-hybridized carbons (Fsp3) is 0.192. The minimum Gasteiger partial charge on any atom is -0.494 e. The van der Waals surface area contributed by atoms with E-state index in [1.54, 1.807) is 42.5 Å². The third-order valence-corrected chi connectivity index (χ3v) is 6.67. The number of benzene rings is 3. The summed E-state index contributed by atoms with van der Waals surface area (Å²) in [5.41, 5.74) is 1.12. The Hall–Kier alpha value is -4.24. The van der Waals surface area contributed by atoms with E-state index in [1.165, 1.54) is 23.1 Å². The van der Waals surface area contributed by atoms with Crippen LogP contribution in [-0.2, 0) is 4.79 Å². The lowest BCUT2D eigenvalue weighted by atomic mass is 9.85. The van der Waals surface area contributed by atoms with Crippen molar-refractivity contribution in [2.75, 3.05) is 11.5 Å². The number of nitro groups is 1. The lowest BCUT2D eigenvalue weighted by Gasteiger charge is -2.50. The highest BCUT2D eigenvalue weighted by molar-refractivity contribution is 6.31. The zero-order chi connectivity index (χ0) is 25.7. The average molecular weight is 506 g/mol. The average Bonchev–Trinajstić information content (AvgIpc) is 3.10. The number of hydrogen-bond donors (Lipinski definition) is 0. The lowest BCUT2D eigenvalue weighted by Crippen LogP contribution is -2.67. The molecule has 3 aromatic rings. The van der Waals surface area contributed by atoms with E-state index in [9.17, 15) is 24.5 Å². The van der Waals surface area contributed by atoms with E-state index >= 15 is 0 Å². The zero-order valence-electron chi connectivity index (χ0n) is 19.3. The van der Waals surface area contributed by atoms with Crippen LogP contribution in [0.3, 0.4) is 0 Å². The molecule has 0 bridgehead atoms. The van der Waals surface area contributed by atoms with Gasteiger partial charge in [0, 0.05) is 16.8 Å². The molecule has 2 heterocycles. The van der Waals surface area contributed by atoms with Crippen molar-refractivity contribution >= 4 is 40.7 Å². The first-order valence-electron chi connectivity index (χ1n) is 11.2. The van der Waals surface area contributed by atoms with Gasteiger partial charge in [0.1, 0.15) is 17.4 Å². The number of amides is 3. The fourth-order valence-electron chi connectivity index (χ4n) is 4.79. The second kappa shape index (κ2) is 8.76. The Morgan fingerprint density at radius 1 is 0.972 bits per heavy atom. The van der Waals surface area contributed by atoms with Crippen LogP contribution in [0, 0.1) is 17.0 Å². The van der Waals surface area contributed by atoms with Gasteiger partial charge in [-0.15, -0.1) is 0 Å². The molecule has 3 amide bonds. The molecule has 1 fully saturated rings. The molecule has 0 saturated carbocycles. The van der Waals surface area contributed by atoms with Crippen molar-refractivity contribution in [2.45, 2.75) is 25.9 Å². The van der Waals surface area contributed by atoms with E-state index in [0.29, 0.717) is 28.6 Å². The first-order chi connectivity index (χ1) is 17.2. The molecule has 2 aliphatic heterocycles. The minimum absolute atomic E-state index is 0.0928. The molecule has 0 aliphatic carbocycles. The molecule has 0 unspecified atom stereocenters. The molecule has 1 saturated heterocycles. The number of hydrogen-bond acceptors (Lipinski definition) is 6. The number of halogens is 1. The molecule has 0 radical (unpaired) electrons. The van der Waals surface area contributed by atoms with Crippen LogP contribution in [0.25, 0.3) is 0 Å². The van der Waals surface area contributed by atoms with E-state index < -0.39 is 40.4 Å². The third-order valence-electron chi connectivity index (χ3n) is 6.43. The Bertz CT molecular complexity index is 1440. The number of imide groups is 1. The first kappa shape index (κ1) is 23.5. The number of carbonyl (C=O) groups is 3. The normalized spacial score (nSPS) is 18.8. The Labute approximate surface area is 211 Å². The summed E-state index contributed by atoms with van der Waals surface area (Å²) in [6, 6.07) is 14.1. The van der Waals surface area contributed by atoms with Crippen LogP contribution in [0.5, 0.6) is 5.75 Å².